The number of amides is 1. The number of piperidine rings is 1. The fraction of sp³-hybridized carbons (Fsp3) is 0.889. The van der Waals surface area contributed by atoms with Crippen LogP contribution in [0.25, 0.3) is 0 Å². The number of esters is 1. The predicted octanol–water partition coefficient (Wildman–Crippen LogP) is 1.35. The normalized spacial score (nSPS) is 24.6. The number of nitrogens with zero attached hydrogens (tertiary/aromatic N) is 3. The summed E-state index contributed by atoms with van der Waals surface area (Å²) >= 11 is 0. The van der Waals surface area contributed by atoms with Crippen LogP contribution in [0.15, 0.2) is 0 Å². The van der Waals surface area contributed by atoms with Gasteiger partial charge in [0.15, 0.2) is 0 Å². The maximum atomic E-state index is 12.5. The summed E-state index contributed by atoms with van der Waals surface area (Å²) in [5, 5.41) is 0. The average molecular weight is 339 g/mol. The number of piperazine rings is 1. The van der Waals surface area contributed by atoms with Crippen LogP contribution >= 0.6 is 0 Å². The van der Waals surface area contributed by atoms with Crippen molar-refractivity contribution in [1.82, 2.24) is 14.7 Å². The van der Waals surface area contributed by atoms with Gasteiger partial charge < -0.3 is 9.64 Å². The number of hydrogen-bond donors (Lipinski definition) is 0. The van der Waals surface area contributed by atoms with E-state index in [2.05, 4.69) is 16.7 Å². The lowest BCUT2D eigenvalue weighted by Gasteiger charge is -2.39. The highest BCUT2D eigenvalue weighted by molar-refractivity contribution is 5.78. The summed E-state index contributed by atoms with van der Waals surface area (Å²) in [4.78, 5) is 31.0. The Morgan fingerprint density at radius 3 is 2.38 bits per heavy atom. The molecule has 2 saturated heterocycles. The topological polar surface area (TPSA) is 53.1 Å². The SMILES string of the molecule is CCOC(=O)[C@@H](CC)N1CCN(CC(=O)N2CCCC[C@H]2C)CC1. The summed E-state index contributed by atoms with van der Waals surface area (Å²) in [6.45, 7) is 11.2. The molecule has 6 heteroatoms. The molecule has 2 rings (SSSR count). The molecule has 2 heterocycles. The minimum absolute atomic E-state index is 0.119. The molecule has 2 aliphatic rings. The Morgan fingerprint density at radius 1 is 1.08 bits per heavy atom. The molecule has 0 aliphatic carbocycles. The van der Waals surface area contributed by atoms with E-state index in [1.54, 1.807) is 0 Å². The summed E-state index contributed by atoms with van der Waals surface area (Å²) < 4.78 is 5.18. The number of hydrogen-bond acceptors (Lipinski definition) is 5. The molecule has 138 valence electrons. The largest absolute Gasteiger partial charge is 0.465 e. The van der Waals surface area contributed by atoms with Crippen molar-refractivity contribution in [3.63, 3.8) is 0 Å². The summed E-state index contributed by atoms with van der Waals surface area (Å²) in [6.07, 6.45) is 4.25. The van der Waals surface area contributed by atoms with Gasteiger partial charge >= 0.3 is 5.97 Å². The van der Waals surface area contributed by atoms with Crippen LogP contribution in [0, 0.1) is 0 Å². The molecule has 2 aliphatic heterocycles. The van der Waals surface area contributed by atoms with E-state index in [0.29, 0.717) is 19.2 Å². The highest BCUT2D eigenvalue weighted by atomic mass is 16.5. The van der Waals surface area contributed by atoms with E-state index in [4.69, 9.17) is 4.74 Å². The second-order valence-corrected chi connectivity index (χ2v) is 6.92. The van der Waals surface area contributed by atoms with Gasteiger partial charge in [-0.25, -0.2) is 0 Å². The Hall–Kier alpha value is -1.14. The molecule has 0 aromatic rings. The second kappa shape index (κ2) is 9.37. The molecule has 0 aromatic carbocycles. The molecule has 2 fully saturated rings. The van der Waals surface area contributed by atoms with E-state index in [-0.39, 0.29) is 17.9 Å². The van der Waals surface area contributed by atoms with E-state index >= 15 is 0 Å². The number of carbonyl (C=O) groups excluding carboxylic acids is 2. The first kappa shape index (κ1) is 19.2. The van der Waals surface area contributed by atoms with E-state index < -0.39 is 0 Å². The van der Waals surface area contributed by atoms with Crippen molar-refractivity contribution in [3.05, 3.63) is 0 Å². The molecular weight excluding hydrogens is 306 g/mol. The maximum Gasteiger partial charge on any atom is 0.323 e. The van der Waals surface area contributed by atoms with Crippen LogP contribution in [0.1, 0.15) is 46.5 Å². The molecule has 0 radical (unpaired) electrons. The van der Waals surface area contributed by atoms with E-state index in [1.165, 1.54) is 6.42 Å². The lowest BCUT2D eigenvalue weighted by Crippen LogP contribution is -2.55. The van der Waals surface area contributed by atoms with Gasteiger partial charge in [-0.3, -0.25) is 19.4 Å². The molecule has 0 saturated carbocycles. The molecule has 2 atom stereocenters. The predicted molar refractivity (Wildman–Crippen MR) is 93.8 cm³/mol. The molecule has 0 bridgehead atoms. The Labute approximate surface area is 146 Å². The number of ether oxygens (including phenoxy) is 1. The summed E-state index contributed by atoms with van der Waals surface area (Å²) in [5.74, 6) is 0.139. The smallest absolute Gasteiger partial charge is 0.323 e. The third-order valence-electron chi connectivity index (χ3n) is 5.28. The van der Waals surface area contributed by atoms with Gasteiger partial charge in [0.05, 0.1) is 13.2 Å². The van der Waals surface area contributed by atoms with Crippen LogP contribution < -0.4 is 0 Å². The quantitative estimate of drug-likeness (QED) is 0.684. The van der Waals surface area contributed by atoms with Crippen LogP contribution in [0.2, 0.25) is 0 Å². The van der Waals surface area contributed by atoms with Crippen molar-refractivity contribution >= 4 is 11.9 Å². The summed E-state index contributed by atoms with van der Waals surface area (Å²) in [5.41, 5.74) is 0. The molecule has 0 aromatic heterocycles. The number of likely N-dealkylation sites (tertiary alicyclic amines) is 1. The van der Waals surface area contributed by atoms with Crippen LogP contribution in [-0.2, 0) is 14.3 Å². The molecular formula is C18H33N3O3. The minimum atomic E-state index is -0.148. The van der Waals surface area contributed by atoms with Gasteiger partial charge in [-0.2, -0.15) is 0 Å². The van der Waals surface area contributed by atoms with E-state index in [1.807, 2.05) is 18.7 Å². The monoisotopic (exact) mass is 339 g/mol. The third-order valence-corrected chi connectivity index (χ3v) is 5.28. The Morgan fingerprint density at radius 2 is 1.79 bits per heavy atom. The number of carbonyl (C=O) groups is 2. The average Bonchev–Trinajstić information content (AvgIpc) is 2.57. The Bertz CT molecular complexity index is 422. The second-order valence-electron chi connectivity index (χ2n) is 6.92. The van der Waals surface area contributed by atoms with Gasteiger partial charge in [0, 0.05) is 38.8 Å². The van der Waals surface area contributed by atoms with Crippen molar-refractivity contribution < 1.29 is 14.3 Å². The maximum absolute atomic E-state index is 12.5. The molecule has 0 N–H and O–H groups in total. The zero-order valence-electron chi connectivity index (χ0n) is 15.5. The van der Waals surface area contributed by atoms with Crippen molar-refractivity contribution in [2.45, 2.75) is 58.5 Å². The molecule has 1 amide bonds. The molecule has 0 unspecified atom stereocenters. The van der Waals surface area contributed by atoms with Gasteiger partial charge in [0.1, 0.15) is 6.04 Å². The van der Waals surface area contributed by atoms with Crippen LogP contribution in [0.5, 0.6) is 0 Å². The lowest BCUT2D eigenvalue weighted by molar-refractivity contribution is -0.151. The first-order valence-corrected chi connectivity index (χ1v) is 9.49. The van der Waals surface area contributed by atoms with Crippen molar-refractivity contribution in [2.75, 3.05) is 45.9 Å². The summed E-state index contributed by atoms with van der Waals surface area (Å²) in [7, 11) is 0. The van der Waals surface area contributed by atoms with Crippen molar-refractivity contribution in [2.24, 2.45) is 0 Å². The van der Waals surface area contributed by atoms with Crippen LogP contribution in [0.3, 0.4) is 0 Å². The fourth-order valence-electron chi connectivity index (χ4n) is 3.80. The Balaban J connectivity index is 1.79. The lowest BCUT2D eigenvalue weighted by atomic mass is 10.0. The first-order valence-electron chi connectivity index (χ1n) is 9.49. The Kier molecular flexibility index (Phi) is 7.49. The van der Waals surface area contributed by atoms with Gasteiger partial charge in [0.2, 0.25) is 5.91 Å². The minimum Gasteiger partial charge on any atom is -0.465 e. The third kappa shape index (κ3) is 4.93. The van der Waals surface area contributed by atoms with Crippen molar-refractivity contribution in [1.29, 1.82) is 0 Å². The zero-order valence-corrected chi connectivity index (χ0v) is 15.5. The highest BCUT2D eigenvalue weighted by Crippen LogP contribution is 2.17. The molecule has 6 nitrogen and oxygen atoms in total. The van der Waals surface area contributed by atoms with Crippen LogP contribution in [-0.4, -0.2) is 84.5 Å². The van der Waals surface area contributed by atoms with Gasteiger partial charge in [-0.05, 0) is 39.5 Å². The highest BCUT2D eigenvalue weighted by Gasteiger charge is 2.30. The van der Waals surface area contributed by atoms with Gasteiger partial charge in [0.25, 0.3) is 0 Å². The molecule has 0 spiro atoms. The van der Waals surface area contributed by atoms with Gasteiger partial charge in [-0.1, -0.05) is 6.92 Å². The van der Waals surface area contributed by atoms with E-state index in [0.717, 1.165) is 52.0 Å². The molecule has 24 heavy (non-hydrogen) atoms. The van der Waals surface area contributed by atoms with Crippen LogP contribution in [0.4, 0.5) is 0 Å². The zero-order chi connectivity index (χ0) is 17.5. The van der Waals surface area contributed by atoms with Gasteiger partial charge in [-0.15, -0.1) is 0 Å². The summed E-state index contributed by atoms with van der Waals surface area (Å²) in [6, 6.07) is 0.228. The van der Waals surface area contributed by atoms with E-state index in [9.17, 15) is 9.59 Å². The number of rotatable bonds is 6. The standard InChI is InChI=1S/C18H33N3O3/c1-4-16(18(23)24-5-2)20-12-10-19(11-13-20)14-17(22)21-9-7-6-8-15(21)3/h15-16H,4-14H2,1-3H3/t15-,16-/m1/s1. The fourth-order valence-corrected chi connectivity index (χ4v) is 3.80. The van der Waals surface area contributed by atoms with Crippen molar-refractivity contribution in [3.8, 4) is 0 Å². The first-order chi connectivity index (χ1) is 11.6.